The predicted octanol–water partition coefficient (Wildman–Crippen LogP) is 2.73. The van der Waals surface area contributed by atoms with Crippen molar-refractivity contribution in [2.75, 3.05) is 0 Å². The van der Waals surface area contributed by atoms with Crippen LogP contribution in [-0.4, -0.2) is 28.2 Å². The average molecular weight is 319 g/mol. The maximum absolute atomic E-state index is 12.3. The van der Waals surface area contributed by atoms with Gasteiger partial charge in [-0.1, -0.05) is 29.8 Å². The number of rotatable bonds is 3. The van der Waals surface area contributed by atoms with Gasteiger partial charge >= 0.3 is 0 Å². The first-order chi connectivity index (χ1) is 10.6. The Kier molecular flexibility index (Phi) is 4.45. The van der Waals surface area contributed by atoms with Crippen molar-refractivity contribution in [3.8, 4) is 11.3 Å². The van der Waals surface area contributed by atoms with E-state index < -0.39 is 0 Å². The van der Waals surface area contributed by atoms with E-state index >= 15 is 0 Å². The number of hydrogen-bond donors (Lipinski definition) is 3. The molecule has 1 aliphatic rings. The van der Waals surface area contributed by atoms with Crippen molar-refractivity contribution in [1.29, 1.82) is 0 Å². The van der Waals surface area contributed by atoms with Crippen LogP contribution in [0, 0.1) is 0 Å². The molecule has 3 rings (SSSR count). The molecule has 0 spiro atoms. The Hall–Kier alpha value is -1.85. The van der Waals surface area contributed by atoms with Crippen molar-refractivity contribution < 1.29 is 4.79 Å². The quantitative estimate of drug-likeness (QED) is 0.813. The van der Waals surface area contributed by atoms with Gasteiger partial charge in [0.1, 0.15) is 5.69 Å². The molecule has 1 fully saturated rings. The minimum Gasteiger partial charge on any atom is -0.348 e. The van der Waals surface area contributed by atoms with Crippen molar-refractivity contribution in [2.24, 2.45) is 5.73 Å². The smallest absolute Gasteiger partial charge is 0.269 e. The van der Waals surface area contributed by atoms with E-state index in [1.807, 2.05) is 18.2 Å². The summed E-state index contributed by atoms with van der Waals surface area (Å²) >= 11 is 6.15. The molecule has 0 atom stereocenters. The first-order valence-electron chi connectivity index (χ1n) is 7.50. The van der Waals surface area contributed by atoms with E-state index in [4.69, 9.17) is 17.3 Å². The third-order valence-corrected chi connectivity index (χ3v) is 4.41. The summed E-state index contributed by atoms with van der Waals surface area (Å²) in [5.74, 6) is -0.133. The molecule has 2 aromatic rings. The largest absolute Gasteiger partial charge is 0.348 e. The van der Waals surface area contributed by atoms with Crippen molar-refractivity contribution >= 4 is 17.5 Å². The summed E-state index contributed by atoms with van der Waals surface area (Å²) in [6.45, 7) is 0. The number of amides is 1. The molecule has 6 heteroatoms. The van der Waals surface area contributed by atoms with Gasteiger partial charge in [0.2, 0.25) is 0 Å². The monoisotopic (exact) mass is 318 g/mol. The predicted molar refractivity (Wildman–Crippen MR) is 86.7 cm³/mol. The normalized spacial score (nSPS) is 21.5. The average Bonchev–Trinajstić information content (AvgIpc) is 3.00. The van der Waals surface area contributed by atoms with Crippen LogP contribution in [0.4, 0.5) is 0 Å². The highest BCUT2D eigenvalue weighted by molar-refractivity contribution is 6.33. The second kappa shape index (κ2) is 6.50. The fraction of sp³-hybridized carbons (Fsp3) is 0.375. The van der Waals surface area contributed by atoms with Gasteiger partial charge in [0.25, 0.3) is 5.91 Å². The summed E-state index contributed by atoms with van der Waals surface area (Å²) < 4.78 is 0. The first-order valence-corrected chi connectivity index (χ1v) is 7.88. The van der Waals surface area contributed by atoms with Gasteiger partial charge < -0.3 is 11.1 Å². The Balaban J connectivity index is 1.68. The van der Waals surface area contributed by atoms with Crippen LogP contribution in [0.3, 0.4) is 0 Å². The molecule has 0 aliphatic heterocycles. The Morgan fingerprint density at radius 1 is 1.27 bits per heavy atom. The van der Waals surface area contributed by atoms with E-state index in [1.165, 1.54) is 0 Å². The number of carbonyl (C=O) groups excluding carboxylic acids is 1. The molecular formula is C16H19ClN4O. The van der Waals surface area contributed by atoms with E-state index in [1.54, 1.807) is 12.1 Å². The highest BCUT2D eigenvalue weighted by atomic mass is 35.5. The zero-order valence-electron chi connectivity index (χ0n) is 12.2. The SMILES string of the molecule is NC1CCC(NC(=O)c2cc(-c3ccccc3Cl)n[nH]2)CC1. The lowest BCUT2D eigenvalue weighted by Crippen LogP contribution is -2.40. The third kappa shape index (κ3) is 3.31. The molecule has 4 N–H and O–H groups in total. The fourth-order valence-corrected chi connectivity index (χ4v) is 3.00. The van der Waals surface area contributed by atoms with Crippen LogP contribution >= 0.6 is 11.6 Å². The number of halogens is 1. The van der Waals surface area contributed by atoms with Crippen molar-refractivity contribution in [2.45, 2.75) is 37.8 Å². The summed E-state index contributed by atoms with van der Waals surface area (Å²) in [6.07, 6.45) is 3.77. The maximum atomic E-state index is 12.3. The molecule has 1 aliphatic carbocycles. The van der Waals surface area contributed by atoms with E-state index in [0.29, 0.717) is 16.4 Å². The Labute approximate surface area is 134 Å². The summed E-state index contributed by atoms with van der Waals surface area (Å²) in [4.78, 5) is 12.3. The zero-order valence-corrected chi connectivity index (χ0v) is 12.9. The van der Waals surface area contributed by atoms with Crippen LogP contribution in [0.2, 0.25) is 5.02 Å². The number of aromatic nitrogens is 2. The standard InChI is InChI=1S/C16H19ClN4O/c17-13-4-2-1-3-12(13)14-9-15(21-20-14)16(22)19-11-7-5-10(18)6-8-11/h1-4,9-11H,5-8,18H2,(H,19,22)(H,20,21). The minimum atomic E-state index is -0.133. The Morgan fingerprint density at radius 2 is 2.00 bits per heavy atom. The Morgan fingerprint density at radius 3 is 2.73 bits per heavy atom. The number of nitrogens with two attached hydrogens (primary N) is 1. The van der Waals surface area contributed by atoms with Crippen molar-refractivity contribution in [3.63, 3.8) is 0 Å². The zero-order chi connectivity index (χ0) is 15.5. The maximum Gasteiger partial charge on any atom is 0.269 e. The van der Waals surface area contributed by atoms with Crippen LogP contribution < -0.4 is 11.1 Å². The molecule has 0 saturated heterocycles. The van der Waals surface area contributed by atoms with Gasteiger partial charge in [-0.05, 0) is 37.8 Å². The van der Waals surface area contributed by atoms with Gasteiger partial charge in [0.05, 0.1) is 10.7 Å². The molecule has 0 bridgehead atoms. The summed E-state index contributed by atoms with van der Waals surface area (Å²) in [7, 11) is 0. The third-order valence-electron chi connectivity index (χ3n) is 4.08. The van der Waals surface area contributed by atoms with E-state index in [0.717, 1.165) is 31.2 Å². The van der Waals surface area contributed by atoms with Crippen LogP contribution in [0.15, 0.2) is 30.3 Å². The summed E-state index contributed by atoms with van der Waals surface area (Å²) in [6, 6.07) is 9.62. The number of aromatic amines is 1. The van der Waals surface area contributed by atoms with E-state index in [2.05, 4.69) is 15.5 Å². The highest BCUT2D eigenvalue weighted by Gasteiger charge is 2.21. The molecule has 1 aromatic carbocycles. The lowest BCUT2D eigenvalue weighted by molar-refractivity contribution is 0.0921. The molecule has 1 amide bonds. The van der Waals surface area contributed by atoms with E-state index in [9.17, 15) is 4.79 Å². The van der Waals surface area contributed by atoms with Crippen molar-refractivity contribution in [3.05, 3.63) is 41.0 Å². The first kappa shape index (κ1) is 15.1. The second-order valence-corrected chi connectivity index (χ2v) is 6.14. The Bertz CT molecular complexity index is 662. The number of hydrogen-bond acceptors (Lipinski definition) is 3. The van der Waals surface area contributed by atoms with Crippen LogP contribution in [0.1, 0.15) is 36.2 Å². The molecule has 1 aromatic heterocycles. The van der Waals surface area contributed by atoms with E-state index in [-0.39, 0.29) is 18.0 Å². The van der Waals surface area contributed by atoms with Crippen LogP contribution in [-0.2, 0) is 0 Å². The molecule has 0 radical (unpaired) electrons. The fourth-order valence-electron chi connectivity index (χ4n) is 2.77. The van der Waals surface area contributed by atoms with Gasteiger partial charge in [-0.15, -0.1) is 0 Å². The van der Waals surface area contributed by atoms with Gasteiger partial charge in [-0.2, -0.15) is 5.10 Å². The van der Waals surface area contributed by atoms with Crippen molar-refractivity contribution in [1.82, 2.24) is 15.5 Å². The second-order valence-electron chi connectivity index (χ2n) is 5.73. The molecule has 22 heavy (non-hydrogen) atoms. The number of H-pyrrole nitrogens is 1. The molecule has 0 unspecified atom stereocenters. The lowest BCUT2D eigenvalue weighted by atomic mass is 9.92. The van der Waals surface area contributed by atoms with Gasteiger partial charge in [0, 0.05) is 17.6 Å². The number of carbonyl (C=O) groups is 1. The van der Waals surface area contributed by atoms with Gasteiger partial charge in [-0.3, -0.25) is 9.89 Å². The highest BCUT2D eigenvalue weighted by Crippen LogP contribution is 2.26. The summed E-state index contributed by atoms with van der Waals surface area (Å²) in [5, 5.41) is 10.6. The number of benzene rings is 1. The lowest BCUT2D eigenvalue weighted by Gasteiger charge is -2.26. The van der Waals surface area contributed by atoms with Gasteiger partial charge in [0.15, 0.2) is 0 Å². The van der Waals surface area contributed by atoms with Gasteiger partial charge in [-0.25, -0.2) is 0 Å². The number of nitrogens with one attached hydrogen (secondary N) is 2. The molecule has 5 nitrogen and oxygen atoms in total. The van der Waals surface area contributed by atoms with Crippen LogP contribution in [0.5, 0.6) is 0 Å². The molecule has 1 saturated carbocycles. The summed E-state index contributed by atoms with van der Waals surface area (Å²) in [5.41, 5.74) is 7.80. The van der Waals surface area contributed by atoms with Crippen LogP contribution in [0.25, 0.3) is 11.3 Å². The molecule has 116 valence electrons. The molecule has 1 heterocycles. The minimum absolute atomic E-state index is 0.133. The topological polar surface area (TPSA) is 83.8 Å². The molecular weight excluding hydrogens is 300 g/mol. The number of nitrogens with zero attached hydrogens (tertiary/aromatic N) is 1.